The van der Waals surface area contributed by atoms with E-state index < -0.39 is 35.1 Å². The van der Waals surface area contributed by atoms with Crippen molar-refractivity contribution in [3.63, 3.8) is 0 Å². The van der Waals surface area contributed by atoms with Gasteiger partial charge in [-0.15, -0.1) is 0 Å². The van der Waals surface area contributed by atoms with Crippen LogP contribution in [0.4, 0.5) is 10.5 Å². The van der Waals surface area contributed by atoms with E-state index in [0.717, 1.165) is 19.2 Å². The standard InChI is InChI=1S/C16H15N3O8/c1-25-15(21)10-4-5-13(12(7-10)19(23)24)27-9-14(20)18-16(22)17-8-11-3-2-6-26-11/h2-7H,8-9H2,1H3,(H2,17,18,20,22). The average Bonchev–Trinajstić information content (AvgIpc) is 3.17. The first-order chi connectivity index (χ1) is 12.9. The van der Waals surface area contributed by atoms with Crippen LogP contribution in [0, 0.1) is 10.1 Å². The number of amides is 3. The number of esters is 1. The molecule has 0 saturated carbocycles. The van der Waals surface area contributed by atoms with Crippen molar-refractivity contribution in [1.29, 1.82) is 0 Å². The van der Waals surface area contributed by atoms with Gasteiger partial charge >= 0.3 is 17.7 Å². The van der Waals surface area contributed by atoms with Crippen molar-refractivity contribution in [2.75, 3.05) is 13.7 Å². The zero-order valence-corrected chi connectivity index (χ0v) is 14.1. The van der Waals surface area contributed by atoms with Crippen LogP contribution in [0.1, 0.15) is 16.1 Å². The van der Waals surface area contributed by atoms with E-state index in [1.54, 1.807) is 12.1 Å². The number of rotatable bonds is 7. The SMILES string of the molecule is COC(=O)c1ccc(OCC(=O)NC(=O)NCc2ccco2)c([N+](=O)[O-])c1. The number of carbonyl (C=O) groups is 3. The summed E-state index contributed by atoms with van der Waals surface area (Å²) in [5, 5.41) is 15.5. The Morgan fingerprint density at radius 2 is 2.04 bits per heavy atom. The van der Waals surface area contributed by atoms with Crippen LogP contribution in [0.2, 0.25) is 0 Å². The molecule has 27 heavy (non-hydrogen) atoms. The number of carbonyl (C=O) groups excluding carboxylic acids is 3. The predicted molar refractivity (Wildman–Crippen MR) is 89.0 cm³/mol. The summed E-state index contributed by atoms with van der Waals surface area (Å²) < 4.78 is 14.6. The number of nitro benzene ring substituents is 1. The molecule has 1 aromatic heterocycles. The number of hydrogen-bond donors (Lipinski definition) is 2. The largest absolute Gasteiger partial charge is 0.477 e. The van der Waals surface area contributed by atoms with Crippen LogP contribution in [0.25, 0.3) is 0 Å². The lowest BCUT2D eigenvalue weighted by Gasteiger charge is -2.08. The molecule has 1 heterocycles. The number of nitrogens with zero attached hydrogens (tertiary/aromatic N) is 1. The molecule has 0 spiro atoms. The molecular formula is C16H15N3O8. The number of imide groups is 1. The molecular weight excluding hydrogens is 362 g/mol. The third kappa shape index (κ3) is 5.56. The van der Waals surface area contributed by atoms with Crippen molar-refractivity contribution in [3.05, 3.63) is 58.0 Å². The topological polar surface area (TPSA) is 150 Å². The highest BCUT2D eigenvalue weighted by molar-refractivity contribution is 5.95. The Hall–Kier alpha value is -3.89. The highest BCUT2D eigenvalue weighted by Crippen LogP contribution is 2.28. The molecule has 0 aliphatic rings. The molecule has 0 fully saturated rings. The molecule has 11 heteroatoms. The summed E-state index contributed by atoms with van der Waals surface area (Å²) in [5.74, 6) is -1.32. The van der Waals surface area contributed by atoms with Crippen molar-refractivity contribution >= 4 is 23.6 Å². The lowest BCUT2D eigenvalue weighted by molar-refractivity contribution is -0.385. The van der Waals surface area contributed by atoms with Gasteiger partial charge in [0.15, 0.2) is 12.4 Å². The van der Waals surface area contributed by atoms with Crippen molar-refractivity contribution in [2.45, 2.75) is 6.54 Å². The third-order valence-electron chi connectivity index (χ3n) is 3.19. The monoisotopic (exact) mass is 377 g/mol. The van der Waals surface area contributed by atoms with Gasteiger partial charge in [0.2, 0.25) is 0 Å². The molecule has 1 aromatic carbocycles. The Balaban J connectivity index is 1.90. The van der Waals surface area contributed by atoms with Gasteiger partial charge in [0.05, 0.1) is 30.4 Å². The van der Waals surface area contributed by atoms with Gasteiger partial charge in [-0.2, -0.15) is 0 Å². The van der Waals surface area contributed by atoms with E-state index in [9.17, 15) is 24.5 Å². The molecule has 11 nitrogen and oxygen atoms in total. The molecule has 0 aliphatic heterocycles. The zero-order valence-electron chi connectivity index (χ0n) is 14.1. The van der Waals surface area contributed by atoms with E-state index in [1.165, 1.54) is 12.3 Å². The summed E-state index contributed by atoms with van der Waals surface area (Å²) in [4.78, 5) is 45.1. The lowest BCUT2D eigenvalue weighted by atomic mass is 10.2. The van der Waals surface area contributed by atoms with Gasteiger partial charge < -0.3 is 19.2 Å². The Morgan fingerprint density at radius 3 is 2.67 bits per heavy atom. The number of nitro groups is 1. The number of hydrogen-bond acceptors (Lipinski definition) is 8. The quantitative estimate of drug-likeness (QED) is 0.417. The average molecular weight is 377 g/mol. The van der Waals surface area contributed by atoms with Gasteiger partial charge in [0.25, 0.3) is 5.91 Å². The van der Waals surface area contributed by atoms with Gasteiger partial charge in [0.1, 0.15) is 5.76 Å². The molecule has 0 aliphatic carbocycles. The fourth-order valence-electron chi connectivity index (χ4n) is 1.96. The highest BCUT2D eigenvalue weighted by atomic mass is 16.6. The summed E-state index contributed by atoms with van der Waals surface area (Å²) in [7, 11) is 1.14. The minimum atomic E-state index is -0.821. The summed E-state index contributed by atoms with van der Waals surface area (Å²) in [6.07, 6.45) is 1.44. The summed E-state index contributed by atoms with van der Waals surface area (Å²) in [6.45, 7) is -0.569. The second kappa shape index (κ2) is 8.99. The maximum absolute atomic E-state index is 11.7. The number of nitrogens with one attached hydrogen (secondary N) is 2. The van der Waals surface area contributed by atoms with Gasteiger partial charge in [0, 0.05) is 6.07 Å². The van der Waals surface area contributed by atoms with Crippen LogP contribution in [0.3, 0.4) is 0 Å². The zero-order chi connectivity index (χ0) is 19.8. The molecule has 0 radical (unpaired) electrons. The molecule has 3 amide bonds. The van der Waals surface area contributed by atoms with Gasteiger partial charge in [-0.25, -0.2) is 9.59 Å². The molecule has 0 atom stereocenters. The second-order valence-electron chi connectivity index (χ2n) is 5.03. The van der Waals surface area contributed by atoms with Crippen LogP contribution in [-0.2, 0) is 16.1 Å². The van der Waals surface area contributed by atoms with Gasteiger partial charge in [-0.05, 0) is 24.3 Å². The van der Waals surface area contributed by atoms with Crippen LogP contribution < -0.4 is 15.4 Å². The predicted octanol–water partition coefficient (Wildman–Crippen LogP) is 1.38. The van der Waals surface area contributed by atoms with Crippen molar-refractivity contribution in [3.8, 4) is 5.75 Å². The molecule has 0 bridgehead atoms. The van der Waals surface area contributed by atoms with E-state index in [0.29, 0.717) is 5.76 Å². The summed E-state index contributed by atoms with van der Waals surface area (Å²) in [5.41, 5.74) is -0.564. The Bertz CT molecular complexity index is 847. The van der Waals surface area contributed by atoms with Crippen LogP contribution in [-0.4, -0.2) is 36.5 Å². The summed E-state index contributed by atoms with van der Waals surface area (Å²) >= 11 is 0. The maximum atomic E-state index is 11.7. The first-order valence-electron chi connectivity index (χ1n) is 7.50. The van der Waals surface area contributed by atoms with E-state index in [4.69, 9.17) is 9.15 Å². The number of urea groups is 1. The van der Waals surface area contributed by atoms with Crippen molar-refractivity contribution in [1.82, 2.24) is 10.6 Å². The van der Waals surface area contributed by atoms with E-state index >= 15 is 0 Å². The van der Waals surface area contributed by atoms with Crippen molar-refractivity contribution in [2.24, 2.45) is 0 Å². The third-order valence-corrected chi connectivity index (χ3v) is 3.19. The van der Waals surface area contributed by atoms with E-state index in [2.05, 4.69) is 10.1 Å². The fraction of sp³-hybridized carbons (Fsp3) is 0.188. The van der Waals surface area contributed by atoms with Crippen LogP contribution in [0.15, 0.2) is 41.0 Å². The van der Waals surface area contributed by atoms with Crippen LogP contribution in [0.5, 0.6) is 5.75 Å². The van der Waals surface area contributed by atoms with E-state index in [-0.39, 0.29) is 17.9 Å². The number of benzene rings is 1. The first-order valence-corrected chi connectivity index (χ1v) is 7.50. The highest BCUT2D eigenvalue weighted by Gasteiger charge is 2.20. The number of ether oxygens (including phenoxy) is 2. The maximum Gasteiger partial charge on any atom is 0.338 e. The molecule has 0 unspecified atom stereocenters. The van der Waals surface area contributed by atoms with E-state index in [1.807, 2.05) is 5.32 Å². The van der Waals surface area contributed by atoms with Crippen molar-refractivity contribution < 1.29 is 33.2 Å². The normalized spacial score (nSPS) is 9.96. The number of methoxy groups -OCH3 is 1. The molecule has 0 saturated heterocycles. The second-order valence-corrected chi connectivity index (χ2v) is 5.03. The summed E-state index contributed by atoms with van der Waals surface area (Å²) in [6, 6.07) is 5.89. The Kier molecular flexibility index (Phi) is 6.47. The Morgan fingerprint density at radius 1 is 1.26 bits per heavy atom. The minimum Gasteiger partial charge on any atom is -0.477 e. The number of furan rings is 1. The Labute approximate surface area is 152 Å². The molecule has 142 valence electrons. The molecule has 2 aromatic rings. The molecule has 2 rings (SSSR count). The van der Waals surface area contributed by atoms with Crippen LogP contribution >= 0.6 is 0 Å². The minimum absolute atomic E-state index is 0.0432. The lowest BCUT2D eigenvalue weighted by Crippen LogP contribution is -2.41. The first kappa shape index (κ1) is 19.4. The fourth-order valence-corrected chi connectivity index (χ4v) is 1.96. The smallest absolute Gasteiger partial charge is 0.338 e. The molecule has 2 N–H and O–H groups in total. The van der Waals surface area contributed by atoms with Gasteiger partial charge in [-0.3, -0.25) is 20.2 Å². The van der Waals surface area contributed by atoms with Gasteiger partial charge in [-0.1, -0.05) is 0 Å².